The van der Waals surface area contributed by atoms with Gasteiger partial charge in [-0.2, -0.15) is 18.3 Å². The zero-order valence-electron chi connectivity index (χ0n) is 15.8. The summed E-state index contributed by atoms with van der Waals surface area (Å²) in [4.78, 5) is 26.9. The van der Waals surface area contributed by atoms with Crippen molar-refractivity contribution in [2.75, 3.05) is 13.1 Å². The van der Waals surface area contributed by atoms with Gasteiger partial charge in [0.15, 0.2) is 5.69 Å². The zero-order valence-corrected chi connectivity index (χ0v) is 15.8. The number of alkyl halides is 3. The highest BCUT2D eigenvalue weighted by atomic mass is 19.4. The van der Waals surface area contributed by atoms with E-state index in [2.05, 4.69) is 5.10 Å². The average molecular weight is 393 g/mol. The van der Waals surface area contributed by atoms with Crippen molar-refractivity contribution < 1.29 is 18.0 Å². The smallest absolute Gasteiger partial charge is 0.337 e. The summed E-state index contributed by atoms with van der Waals surface area (Å²) >= 11 is 0. The first-order chi connectivity index (χ1) is 13.2. The molecule has 2 aromatic rings. The minimum absolute atomic E-state index is 0.217. The highest BCUT2D eigenvalue weighted by Gasteiger charge is 2.34. The van der Waals surface area contributed by atoms with E-state index in [9.17, 15) is 22.8 Å². The van der Waals surface area contributed by atoms with Gasteiger partial charge in [-0.15, -0.1) is 0 Å². The van der Waals surface area contributed by atoms with Crippen LogP contribution in [0.25, 0.3) is 5.69 Å². The molecule has 0 aliphatic heterocycles. The largest absolute Gasteiger partial charge is 0.418 e. The summed E-state index contributed by atoms with van der Waals surface area (Å²) in [7, 11) is 0. The monoisotopic (exact) mass is 393 g/mol. The summed E-state index contributed by atoms with van der Waals surface area (Å²) < 4.78 is 41.2. The third-order valence-corrected chi connectivity index (χ3v) is 4.70. The van der Waals surface area contributed by atoms with Crippen LogP contribution in [0.3, 0.4) is 0 Å². The molecule has 1 aliphatic carbocycles. The van der Waals surface area contributed by atoms with Crippen LogP contribution in [-0.4, -0.2) is 33.7 Å². The lowest BCUT2D eigenvalue weighted by Crippen LogP contribution is -2.38. The van der Waals surface area contributed by atoms with Crippen molar-refractivity contribution in [2.45, 2.75) is 39.3 Å². The molecule has 1 fully saturated rings. The van der Waals surface area contributed by atoms with Gasteiger partial charge in [-0.05, 0) is 44.2 Å². The molecule has 0 radical (unpaired) electrons. The van der Waals surface area contributed by atoms with Gasteiger partial charge in [0.25, 0.3) is 5.91 Å². The van der Waals surface area contributed by atoms with Crippen molar-refractivity contribution >= 4 is 5.91 Å². The number of hydrogen-bond donors (Lipinski definition) is 0. The molecule has 0 atom stereocenters. The van der Waals surface area contributed by atoms with E-state index < -0.39 is 23.1 Å². The van der Waals surface area contributed by atoms with Crippen LogP contribution in [0, 0.1) is 12.8 Å². The van der Waals surface area contributed by atoms with Gasteiger partial charge in [-0.25, -0.2) is 4.68 Å². The number of aromatic nitrogens is 2. The van der Waals surface area contributed by atoms with E-state index >= 15 is 0 Å². The van der Waals surface area contributed by atoms with Gasteiger partial charge in [-0.1, -0.05) is 19.1 Å². The van der Waals surface area contributed by atoms with E-state index in [1.54, 1.807) is 4.90 Å². The van der Waals surface area contributed by atoms with Gasteiger partial charge in [0.05, 0.1) is 11.3 Å². The maximum absolute atomic E-state index is 13.4. The SMILES string of the molecule is CCCN(CC1CC1)C(=O)c1nn(-c2ccccc2C(F)(F)F)c(C)cc1=O. The molecule has 1 aromatic heterocycles. The lowest BCUT2D eigenvalue weighted by molar-refractivity contribution is -0.137. The average Bonchev–Trinajstić information content (AvgIpc) is 3.44. The van der Waals surface area contributed by atoms with Gasteiger partial charge < -0.3 is 4.90 Å². The van der Waals surface area contributed by atoms with Gasteiger partial charge in [0, 0.05) is 24.8 Å². The summed E-state index contributed by atoms with van der Waals surface area (Å²) in [6.45, 7) is 4.43. The molecule has 1 amide bonds. The second-order valence-corrected chi connectivity index (χ2v) is 7.12. The van der Waals surface area contributed by atoms with Crippen LogP contribution in [0.5, 0.6) is 0 Å². The molecule has 8 heteroatoms. The van der Waals surface area contributed by atoms with Crippen LogP contribution < -0.4 is 5.43 Å². The second kappa shape index (κ2) is 7.77. The molecule has 1 saturated carbocycles. The molecule has 0 bridgehead atoms. The molecule has 0 unspecified atom stereocenters. The Morgan fingerprint density at radius 3 is 2.57 bits per heavy atom. The van der Waals surface area contributed by atoms with E-state index in [1.165, 1.54) is 25.1 Å². The summed E-state index contributed by atoms with van der Waals surface area (Å²) in [5.74, 6) is -0.105. The molecule has 5 nitrogen and oxygen atoms in total. The fourth-order valence-electron chi connectivity index (χ4n) is 3.14. The first kappa shape index (κ1) is 20.1. The van der Waals surface area contributed by atoms with Crippen molar-refractivity contribution in [3.63, 3.8) is 0 Å². The Labute approximate surface area is 160 Å². The minimum atomic E-state index is -4.59. The van der Waals surface area contributed by atoms with Gasteiger partial charge in [-0.3, -0.25) is 9.59 Å². The predicted molar refractivity (Wildman–Crippen MR) is 98.5 cm³/mol. The van der Waals surface area contributed by atoms with E-state index in [4.69, 9.17) is 0 Å². The Balaban J connectivity index is 2.07. The summed E-state index contributed by atoms with van der Waals surface area (Å²) in [5.41, 5.74) is -1.80. The molecule has 0 spiro atoms. The Morgan fingerprint density at radius 1 is 1.29 bits per heavy atom. The van der Waals surface area contributed by atoms with Crippen LogP contribution in [0.1, 0.15) is 47.9 Å². The van der Waals surface area contributed by atoms with E-state index in [1.807, 2.05) is 6.92 Å². The maximum Gasteiger partial charge on any atom is 0.418 e. The van der Waals surface area contributed by atoms with Crippen LogP contribution in [0.4, 0.5) is 13.2 Å². The van der Waals surface area contributed by atoms with Crippen molar-refractivity contribution in [3.8, 4) is 5.69 Å². The molecule has 3 rings (SSSR count). The van der Waals surface area contributed by atoms with E-state index in [0.717, 1.165) is 36.1 Å². The summed E-state index contributed by atoms with van der Waals surface area (Å²) in [6, 6.07) is 6.13. The quantitative estimate of drug-likeness (QED) is 0.750. The lowest BCUT2D eigenvalue weighted by Gasteiger charge is -2.22. The fraction of sp³-hybridized carbons (Fsp3) is 0.450. The second-order valence-electron chi connectivity index (χ2n) is 7.12. The molecule has 150 valence electrons. The number of halogens is 3. The number of amides is 1. The number of para-hydroxylation sites is 1. The summed E-state index contributed by atoms with van der Waals surface area (Å²) in [5, 5.41) is 4.06. The molecular formula is C20H22F3N3O2. The standard InChI is InChI=1S/C20H22F3N3O2/c1-3-10-25(12-14-8-9-14)19(28)18-17(27)11-13(2)26(24-18)16-7-5-4-6-15(16)20(21,22)23/h4-7,11,14H,3,8-10,12H2,1-2H3. The van der Waals surface area contributed by atoms with Crippen LogP contribution in [0.2, 0.25) is 0 Å². The third kappa shape index (κ3) is 4.26. The third-order valence-electron chi connectivity index (χ3n) is 4.70. The first-order valence-electron chi connectivity index (χ1n) is 9.29. The molecule has 0 saturated heterocycles. The van der Waals surface area contributed by atoms with Crippen LogP contribution in [-0.2, 0) is 6.18 Å². The normalized spacial score (nSPS) is 14.2. The molecule has 1 aromatic carbocycles. The number of rotatable bonds is 6. The summed E-state index contributed by atoms with van der Waals surface area (Å²) in [6.07, 6.45) is -1.79. The topological polar surface area (TPSA) is 55.2 Å². The molecule has 28 heavy (non-hydrogen) atoms. The van der Waals surface area contributed by atoms with Gasteiger partial charge >= 0.3 is 6.18 Å². The molecular weight excluding hydrogens is 371 g/mol. The number of benzene rings is 1. The highest BCUT2D eigenvalue weighted by molar-refractivity contribution is 5.92. The van der Waals surface area contributed by atoms with Crippen molar-refractivity contribution in [2.24, 2.45) is 5.92 Å². The minimum Gasteiger partial charge on any atom is -0.337 e. The molecule has 0 N–H and O–H groups in total. The van der Waals surface area contributed by atoms with Crippen molar-refractivity contribution in [1.82, 2.24) is 14.7 Å². The van der Waals surface area contributed by atoms with E-state index in [0.29, 0.717) is 19.0 Å². The number of carbonyl (C=O) groups excluding carboxylic acids is 1. The Hall–Kier alpha value is -2.64. The van der Waals surface area contributed by atoms with E-state index in [-0.39, 0.29) is 17.1 Å². The maximum atomic E-state index is 13.4. The van der Waals surface area contributed by atoms with Gasteiger partial charge in [0.1, 0.15) is 0 Å². The number of aryl methyl sites for hydroxylation is 1. The molecule has 1 heterocycles. The predicted octanol–water partition coefficient (Wildman–Crippen LogP) is 3.82. The molecule has 1 aliphatic rings. The van der Waals surface area contributed by atoms with Crippen molar-refractivity contribution in [3.05, 3.63) is 57.5 Å². The highest BCUT2D eigenvalue weighted by Crippen LogP contribution is 2.34. The Bertz CT molecular complexity index is 933. The number of carbonyl (C=O) groups is 1. The first-order valence-corrected chi connectivity index (χ1v) is 9.29. The van der Waals surface area contributed by atoms with Gasteiger partial charge in [0.2, 0.25) is 5.43 Å². The lowest BCUT2D eigenvalue weighted by atomic mass is 10.1. The number of hydrogen-bond acceptors (Lipinski definition) is 3. The zero-order chi connectivity index (χ0) is 20.5. The number of nitrogens with zero attached hydrogens (tertiary/aromatic N) is 3. The fourth-order valence-corrected chi connectivity index (χ4v) is 3.14. The van der Waals surface area contributed by atoms with Crippen molar-refractivity contribution in [1.29, 1.82) is 0 Å². The Morgan fingerprint density at radius 2 is 1.96 bits per heavy atom. The van der Waals surface area contributed by atoms with Crippen LogP contribution >= 0.6 is 0 Å². The Kier molecular flexibility index (Phi) is 5.58. The van der Waals surface area contributed by atoms with Crippen LogP contribution in [0.15, 0.2) is 35.1 Å².